The van der Waals surface area contributed by atoms with Gasteiger partial charge in [-0.25, -0.2) is 0 Å². The number of amides is 1. The molecule has 3 heteroatoms. The fourth-order valence-electron chi connectivity index (χ4n) is 5.09. The van der Waals surface area contributed by atoms with Gasteiger partial charge in [0.15, 0.2) is 0 Å². The molecular formula is C20H27NO2. The number of benzene rings is 1. The average Bonchev–Trinajstić information content (AvgIpc) is 2.88. The maximum atomic E-state index is 12.4. The van der Waals surface area contributed by atoms with Gasteiger partial charge in [-0.1, -0.05) is 30.3 Å². The van der Waals surface area contributed by atoms with Gasteiger partial charge in [-0.2, -0.15) is 0 Å². The lowest BCUT2D eigenvalue weighted by molar-refractivity contribution is -0.161. The van der Waals surface area contributed by atoms with Crippen LogP contribution in [0.4, 0.5) is 0 Å². The first-order valence-electron chi connectivity index (χ1n) is 9.00. The minimum absolute atomic E-state index is 0.0730. The molecule has 1 unspecified atom stereocenters. The van der Waals surface area contributed by atoms with Crippen molar-refractivity contribution < 1.29 is 9.90 Å². The first-order chi connectivity index (χ1) is 10.9. The van der Waals surface area contributed by atoms with Crippen LogP contribution in [-0.2, 0) is 11.2 Å². The van der Waals surface area contributed by atoms with Gasteiger partial charge >= 0.3 is 0 Å². The number of rotatable bonds is 3. The Labute approximate surface area is 138 Å². The molecule has 0 bridgehead atoms. The minimum Gasteiger partial charge on any atom is -0.390 e. The van der Waals surface area contributed by atoms with E-state index in [0.29, 0.717) is 18.3 Å². The molecule has 1 spiro atoms. The summed E-state index contributed by atoms with van der Waals surface area (Å²) < 4.78 is 0. The molecule has 1 N–H and O–H groups in total. The molecule has 3 nitrogen and oxygen atoms in total. The lowest BCUT2D eigenvalue weighted by atomic mass is 9.69. The van der Waals surface area contributed by atoms with Crippen LogP contribution < -0.4 is 0 Å². The molecule has 23 heavy (non-hydrogen) atoms. The molecule has 3 fully saturated rings. The van der Waals surface area contributed by atoms with E-state index in [1.54, 1.807) is 0 Å². The van der Waals surface area contributed by atoms with Crippen LogP contribution >= 0.6 is 0 Å². The predicted molar refractivity (Wildman–Crippen MR) is 89.8 cm³/mol. The van der Waals surface area contributed by atoms with Crippen LogP contribution in [0.1, 0.15) is 44.6 Å². The van der Waals surface area contributed by atoms with Crippen molar-refractivity contribution in [2.24, 2.45) is 17.3 Å². The maximum absolute atomic E-state index is 12.4. The van der Waals surface area contributed by atoms with Crippen LogP contribution in [0.3, 0.4) is 0 Å². The summed E-state index contributed by atoms with van der Waals surface area (Å²) >= 11 is 0. The number of hydrogen-bond acceptors (Lipinski definition) is 2. The van der Waals surface area contributed by atoms with Gasteiger partial charge in [0, 0.05) is 24.4 Å². The van der Waals surface area contributed by atoms with E-state index in [4.69, 9.17) is 0 Å². The normalized spacial score (nSPS) is 35.0. The number of carbonyl (C=O) groups is 1. The molecule has 1 aromatic rings. The zero-order chi connectivity index (χ0) is 16.1. The summed E-state index contributed by atoms with van der Waals surface area (Å²) in [5.74, 6) is 1.14. The molecule has 1 aliphatic heterocycles. The van der Waals surface area contributed by atoms with Gasteiger partial charge in [-0.15, -0.1) is 0 Å². The predicted octanol–water partition coefficient (Wildman–Crippen LogP) is 3.02. The fourth-order valence-corrected chi connectivity index (χ4v) is 5.09. The third-order valence-electron chi connectivity index (χ3n) is 6.26. The van der Waals surface area contributed by atoms with Crippen molar-refractivity contribution in [3.63, 3.8) is 0 Å². The lowest BCUT2D eigenvalue weighted by Crippen LogP contribution is -2.61. The topological polar surface area (TPSA) is 40.5 Å². The summed E-state index contributed by atoms with van der Waals surface area (Å²) in [6.45, 7) is 3.74. The van der Waals surface area contributed by atoms with Gasteiger partial charge in [0.05, 0.1) is 5.60 Å². The summed E-state index contributed by atoms with van der Waals surface area (Å²) in [7, 11) is 0. The Balaban J connectivity index is 1.27. The molecule has 1 atom stereocenters. The molecular weight excluding hydrogens is 286 g/mol. The first kappa shape index (κ1) is 15.2. The van der Waals surface area contributed by atoms with Crippen LogP contribution in [0.25, 0.3) is 0 Å². The molecule has 2 saturated carbocycles. The smallest absolute Gasteiger partial charge is 0.225 e. The molecule has 4 rings (SSSR count). The van der Waals surface area contributed by atoms with Gasteiger partial charge < -0.3 is 10.0 Å². The van der Waals surface area contributed by atoms with Crippen molar-refractivity contribution >= 4 is 5.91 Å². The standard InChI is InChI=1S/C20H27NO2/c1-19(23)11-17(12-19)18(22)21-13-20(14-21)8-7-16(10-20)9-15-5-3-2-4-6-15/h2-6,16-17,23H,7-14H2,1H3. The molecule has 0 radical (unpaired) electrons. The summed E-state index contributed by atoms with van der Waals surface area (Å²) in [6, 6.07) is 10.8. The summed E-state index contributed by atoms with van der Waals surface area (Å²) in [5.41, 5.74) is 1.25. The highest BCUT2D eigenvalue weighted by Crippen LogP contribution is 2.50. The van der Waals surface area contributed by atoms with E-state index in [0.717, 1.165) is 19.0 Å². The molecule has 1 amide bonds. The van der Waals surface area contributed by atoms with Crippen molar-refractivity contribution in [1.82, 2.24) is 4.90 Å². The van der Waals surface area contributed by atoms with Crippen LogP contribution in [0.2, 0.25) is 0 Å². The van der Waals surface area contributed by atoms with E-state index in [1.807, 2.05) is 11.8 Å². The van der Waals surface area contributed by atoms with E-state index in [-0.39, 0.29) is 11.8 Å². The van der Waals surface area contributed by atoms with Crippen LogP contribution in [0.15, 0.2) is 30.3 Å². The van der Waals surface area contributed by atoms with Gasteiger partial charge in [0.2, 0.25) is 5.91 Å². The lowest BCUT2D eigenvalue weighted by Gasteiger charge is -2.52. The monoisotopic (exact) mass is 313 g/mol. The molecule has 124 valence electrons. The Hall–Kier alpha value is -1.35. The van der Waals surface area contributed by atoms with Gasteiger partial charge in [-0.05, 0) is 56.9 Å². The van der Waals surface area contributed by atoms with E-state index in [9.17, 15) is 9.90 Å². The van der Waals surface area contributed by atoms with Gasteiger partial charge in [0.25, 0.3) is 0 Å². The summed E-state index contributed by atoms with van der Waals surface area (Å²) in [4.78, 5) is 14.5. The number of hydrogen-bond donors (Lipinski definition) is 1. The summed E-state index contributed by atoms with van der Waals surface area (Å²) in [5, 5.41) is 9.81. The second kappa shape index (κ2) is 5.34. The third kappa shape index (κ3) is 2.91. The molecule has 3 aliphatic rings. The second-order valence-corrected chi connectivity index (χ2v) is 8.59. The Morgan fingerprint density at radius 3 is 2.57 bits per heavy atom. The fraction of sp³-hybridized carbons (Fsp3) is 0.650. The molecule has 2 aliphatic carbocycles. The molecule has 1 saturated heterocycles. The molecule has 1 aromatic carbocycles. The minimum atomic E-state index is -0.600. The SMILES string of the molecule is CC1(O)CC(C(=O)N2CC3(CCC(Cc4ccccc4)C3)C2)C1. The largest absolute Gasteiger partial charge is 0.390 e. The highest BCUT2D eigenvalue weighted by molar-refractivity contribution is 5.81. The molecule has 0 aromatic heterocycles. The van der Waals surface area contributed by atoms with Crippen molar-refractivity contribution in [3.05, 3.63) is 35.9 Å². The van der Waals surface area contributed by atoms with Crippen LogP contribution in [-0.4, -0.2) is 34.6 Å². The Morgan fingerprint density at radius 2 is 1.91 bits per heavy atom. The van der Waals surface area contributed by atoms with Crippen molar-refractivity contribution in [3.8, 4) is 0 Å². The van der Waals surface area contributed by atoms with E-state index < -0.39 is 5.60 Å². The van der Waals surface area contributed by atoms with Crippen LogP contribution in [0.5, 0.6) is 0 Å². The van der Waals surface area contributed by atoms with Crippen LogP contribution in [0, 0.1) is 17.3 Å². The Kier molecular flexibility index (Phi) is 3.53. The quantitative estimate of drug-likeness (QED) is 0.932. The first-order valence-corrected chi connectivity index (χ1v) is 9.00. The highest BCUT2D eigenvalue weighted by Gasteiger charge is 2.52. The summed E-state index contributed by atoms with van der Waals surface area (Å²) in [6.07, 6.45) is 6.32. The Bertz CT molecular complexity index is 581. The van der Waals surface area contributed by atoms with Crippen molar-refractivity contribution in [2.45, 2.75) is 51.0 Å². The number of nitrogens with zero attached hydrogens (tertiary/aromatic N) is 1. The highest BCUT2D eigenvalue weighted by atomic mass is 16.3. The van der Waals surface area contributed by atoms with Gasteiger partial charge in [0.1, 0.15) is 0 Å². The zero-order valence-corrected chi connectivity index (χ0v) is 14.0. The van der Waals surface area contributed by atoms with E-state index in [1.165, 1.54) is 31.2 Å². The zero-order valence-electron chi connectivity index (χ0n) is 14.0. The number of carbonyl (C=O) groups excluding carboxylic acids is 1. The number of likely N-dealkylation sites (tertiary alicyclic amines) is 1. The van der Waals surface area contributed by atoms with E-state index >= 15 is 0 Å². The van der Waals surface area contributed by atoms with Crippen molar-refractivity contribution in [2.75, 3.05) is 13.1 Å². The second-order valence-electron chi connectivity index (χ2n) is 8.59. The Morgan fingerprint density at radius 1 is 1.22 bits per heavy atom. The third-order valence-corrected chi connectivity index (χ3v) is 6.26. The van der Waals surface area contributed by atoms with Crippen molar-refractivity contribution in [1.29, 1.82) is 0 Å². The van der Waals surface area contributed by atoms with E-state index in [2.05, 4.69) is 30.3 Å². The average molecular weight is 313 g/mol. The maximum Gasteiger partial charge on any atom is 0.225 e. The molecule has 1 heterocycles. The number of aliphatic hydroxyl groups is 1. The van der Waals surface area contributed by atoms with Gasteiger partial charge in [-0.3, -0.25) is 4.79 Å².